The molecular formula is C19H19N3O2. The molecule has 122 valence electrons. The van der Waals surface area contributed by atoms with Crippen molar-refractivity contribution in [1.29, 1.82) is 0 Å². The Labute approximate surface area is 140 Å². The molecule has 0 amide bonds. The number of anilines is 1. The fourth-order valence-electron chi connectivity index (χ4n) is 3.08. The van der Waals surface area contributed by atoms with Gasteiger partial charge in [0, 0.05) is 35.9 Å². The van der Waals surface area contributed by atoms with Gasteiger partial charge in [-0.3, -0.25) is 4.98 Å². The largest absolute Gasteiger partial charge is 0.390 e. The van der Waals surface area contributed by atoms with Crippen molar-refractivity contribution in [3.05, 3.63) is 54.4 Å². The van der Waals surface area contributed by atoms with Crippen LogP contribution in [0.1, 0.15) is 5.69 Å². The first-order valence-corrected chi connectivity index (χ1v) is 8.14. The second-order valence-electron chi connectivity index (χ2n) is 5.83. The molecule has 1 aliphatic rings. The van der Waals surface area contributed by atoms with Gasteiger partial charge < -0.3 is 14.7 Å². The second-order valence-corrected chi connectivity index (χ2v) is 5.83. The van der Waals surface area contributed by atoms with Gasteiger partial charge in [0.2, 0.25) is 0 Å². The summed E-state index contributed by atoms with van der Waals surface area (Å²) in [6.07, 6.45) is 1.76. The Hall–Kier alpha value is -2.50. The van der Waals surface area contributed by atoms with Crippen LogP contribution in [0.3, 0.4) is 0 Å². The van der Waals surface area contributed by atoms with Crippen molar-refractivity contribution in [3.8, 4) is 11.3 Å². The van der Waals surface area contributed by atoms with Gasteiger partial charge in [-0.05, 0) is 30.3 Å². The molecule has 5 heteroatoms. The minimum Gasteiger partial charge on any atom is -0.390 e. The summed E-state index contributed by atoms with van der Waals surface area (Å²) >= 11 is 0. The van der Waals surface area contributed by atoms with Gasteiger partial charge in [0.25, 0.3) is 0 Å². The van der Waals surface area contributed by atoms with Gasteiger partial charge in [-0.25, -0.2) is 4.98 Å². The lowest BCUT2D eigenvalue weighted by molar-refractivity contribution is 0.122. The number of nitrogens with zero attached hydrogens (tertiary/aromatic N) is 3. The molecule has 3 aromatic rings. The van der Waals surface area contributed by atoms with Crippen LogP contribution in [0.2, 0.25) is 0 Å². The zero-order valence-electron chi connectivity index (χ0n) is 13.4. The molecule has 0 radical (unpaired) electrons. The molecule has 0 spiro atoms. The van der Waals surface area contributed by atoms with E-state index >= 15 is 0 Å². The zero-order chi connectivity index (χ0) is 16.4. The molecule has 0 aliphatic carbocycles. The Morgan fingerprint density at radius 2 is 1.88 bits per heavy atom. The topological polar surface area (TPSA) is 58.5 Å². The minimum absolute atomic E-state index is 0.0953. The molecule has 1 saturated heterocycles. The maximum Gasteiger partial charge on any atom is 0.0860 e. The summed E-state index contributed by atoms with van der Waals surface area (Å²) < 4.78 is 5.40. The number of rotatable bonds is 3. The van der Waals surface area contributed by atoms with Crippen LogP contribution >= 0.6 is 0 Å². The third-order valence-corrected chi connectivity index (χ3v) is 4.37. The maximum absolute atomic E-state index is 9.61. The third kappa shape index (κ3) is 2.84. The highest BCUT2D eigenvalue weighted by Gasteiger charge is 2.12. The van der Waals surface area contributed by atoms with Crippen molar-refractivity contribution in [3.63, 3.8) is 0 Å². The SMILES string of the molecule is OCc1nc(-c2ccc(N3CCOCC3)cc2)cc2ncccc12. The Morgan fingerprint density at radius 1 is 1.08 bits per heavy atom. The van der Waals surface area contributed by atoms with E-state index in [0.29, 0.717) is 5.69 Å². The normalized spacial score (nSPS) is 15.0. The van der Waals surface area contributed by atoms with E-state index < -0.39 is 0 Å². The molecule has 0 bridgehead atoms. The van der Waals surface area contributed by atoms with Gasteiger partial charge in [0.1, 0.15) is 0 Å². The molecule has 1 aliphatic heterocycles. The van der Waals surface area contributed by atoms with E-state index in [9.17, 15) is 5.11 Å². The highest BCUT2D eigenvalue weighted by molar-refractivity contribution is 5.84. The number of pyridine rings is 2. The van der Waals surface area contributed by atoms with Crippen molar-refractivity contribution in [2.45, 2.75) is 6.61 Å². The Bertz CT molecular complexity index is 843. The predicted octanol–water partition coefficient (Wildman–Crippen LogP) is 2.63. The smallest absolute Gasteiger partial charge is 0.0860 e. The van der Waals surface area contributed by atoms with Crippen molar-refractivity contribution >= 4 is 16.6 Å². The summed E-state index contributed by atoms with van der Waals surface area (Å²) in [5.41, 5.74) is 4.56. The number of ether oxygens (including phenoxy) is 1. The van der Waals surface area contributed by atoms with Crippen molar-refractivity contribution in [2.75, 3.05) is 31.2 Å². The van der Waals surface area contributed by atoms with Crippen LogP contribution in [0.5, 0.6) is 0 Å². The zero-order valence-corrected chi connectivity index (χ0v) is 13.4. The Morgan fingerprint density at radius 3 is 2.62 bits per heavy atom. The number of hydrogen-bond acceptors (Lipinski definition) is 5. The lowest BCUT2D eigenvalue weighted by Gasteiger charge is -2.28. The van der Waals surface area contributed by atoms with Crippen molar-refractivity contribution in [1.82, 2.24) is 9.97 Å². The number of morpholine rings is 1. The highest BCUT2D eigenvalue weighted by atomic mass is 16.5. The molecule has 0 saturated carbocycles. The monoisotopic (exact) mass is 321 g/mol. The molecule has 0 unspecified atom stereocenters. The molecule has 3 heterocycles. The lowest BCUT2D eigenvalue weighted by atomic mass is 10.1. The number of aliphatic hydroxyl groups excluding tert-OH is 1. The summed E-state index contributed by atoms with van der Waals surface area (Å²) in [5, 5.41) is 10.5. The summed E-state index contributed by atoms with van der Waals surface area (Å²) in [4.78, 5) is 11.3. The van der Waals surface area contributed by atoms with E-state index in [1.165, 1.54) is 5.69 Å². The molecule has 0 atom stereocenters. The van der Waals surface area contributed by atoms with Gasteiger partial charge in [0.05, 0.1) is 36.7 Å². The van der Waals surface area contributed by atoms with Gasteiger partial charge in [0.15, 0.2) is 0 Å². The number of fused-ring (bicyclic) bond motifs is 1. The fraction of sp³-hybridized carbons (Fsp3) is 0.263. The summed E-state index contributed by atoms with van der Waals surface area (Å²) in [6.45, 7) is 3.30. The summed E-state index contributed by atoms with van der Waals surface area (Å²) in [5.74, 6) is 0. The lowest BCUT2D eigenvalue weighted by Crippen LogP contribution is -2.36. The van der Waals surface area contributed by atoms with Crippen LogP contribution in [-0.2, 0) is 11.3 Å². The molecule has 24 heavy (non-hydrogen) atoms. The quantitative estimate of drug-likeness (QED) is 0.803. The Kier molecular flexibility index (Phi) is 4.11. The standard InChI is InChI=1S/C19H19N3O2/c23-13-19-16-2-1-7-20-18(16)12-17(21-19)14-3-5-15(6-4-14)22-8-10-24-11-9-22/h1-7,12,23H,8-11,13H2. The minimum atomic E-state index is -0.0953. The van der Waals surface area contributed by atoms with Crippen LogP contribution in [0.4, 0.5) is 5.69 Å². The molecule has 1 N–H and O–H groups in total. The van der Waals surface area contributed by atoms with Crippen molar-refractivity contribution in [2.24, 2.45) is 0 Å². The van der Waals surface area contributed by atoms with Crippen LogP contribution in [-0.4, -0.2) is 41.4 Å². The molecule has 5 nitrogen and oxygen atoms in total. The summed E-state index contributed by atoms with van der Waals surface area (Å²) in [7, 11) is 0. The number of hydrogen-bond donors (Lipinski definition) is 1. The van der Waals surface area contributed by atoms with Crippen LogP contribution in [0, 0.1) is 0 Å². The predicted molar refractivity (Wildman–Crippen MR) is 93.9 cm³/mol. The highest BCUT2D eigenvalue weighted by Crippen LogP contribution is 2.26. The van der Waals surface area contributed by atoms with E-state index in [1.54, 1.807) is 6.20 Å². The van der Waals surface area contributed by atoms with Gasteiger partial charge >= 0.3 is 0 Å². The van der Waals surface area contributed by atoms with Crippen LogP contribution in [0.15, 0.2) is 48.7 Å². The fourth-order valence-corrected chi connectivity index (χ4v) is 3.08. The number of aromatic nitrogens is 2. The Balaban J connectivity index is 1.69. The molecule has 1 fully saturated rings. The van der Waals surface area contributed by atoms with Gasteiger partial charge in [-0.15, -0.1) is 0 Å². The van der Waals surface area contributed by atoms with E-state index in [1.807, 2.05) is 18.2 Å². The molecular weight excluding hydrogens is 302 g/mol. The van der Waals surface area contributed by atoms with Crippen molar-refractivity contribution < 1.29 is 9.84 Å². The van der Waals surface area contributed by atoms with E-state index in [4.69, 9.17) is 4.74 Å². The first-order chi connectivity index (χ1) is 11.8. The van der Waals surface area contributed by atoms with Crippen LogP contribution < -0.4 is 4.90 Å². The number of aliphatic hydroxyl groups is 1. The first kappa shape index (κ1) is 15.1. The van der Waals surface area contributed by atoms with E-state index in [0.717, 1.165) is 48.5 Å². The van der Waals surface area contributed by atoms with Gasteiger partial charge in [-0.2, -0.15) is 0 Å². The molecule has 2 aromatic heterocycles. The maximum atomic E-state index is 9.61. The van der Waals surface area contributed by atoms with Crippen LogP contribution in [0.25, 0.3) is 22.2 Å². The average Bonchev–Trinajstić information content (AvgIpc) is 2.68. The second kappa shape index (κ2) is 6.55. The van der Waals surface area contributed by atoms with E-state index in [2.05, 4.69) is 39.1 Å². The van der Waals surface area contributed by atoms with Gasteiger partial charge in [-0.1, -0.05) is 12.1 Å². The van der Waals surface area contributed by atoms with E-state index in [-0.39, 0.29) is 6.61 Å². The first-order valence-electron chi connectivity index (χ1n) is 8.14. The third-order valence-electron chi connectivity index (χ3n) is 4.37. The molecule has 1 aromatic carbocycles. The number of benzene rings is 1. The summed E-state index contributed by atoms with van der Waals surface area (Å²) in [6, 6.07) is 14.1. The molecule has 4 rings (SSSR count). The average molecular weight is 321 g/mol.